The number of amides is 1. The second kappa shape index (κ2) is 5.70. The molecule has 20 heavy (non-hydrogen) atoms. The first-order chi connectivity index (χ1) is 9.47. The molecule has 7 heteroatoms. The van der Waals surface area contributed by atoms with Gasteiger partial charge in [0.05, 0.1) is 4.92 Å². The van der Waals surface area contributed by atoms with Gasteiger partial charge in [-0.3, -0.25) is 14.9 Å². The predicted molar refractivity (Wildman–Crippen MR) is 79.0 cm³/mol. The van der Waals surface area contributed by atoms with E-state index in [1.54, 1.807) is 30.3 Å². The van der Waals surface area contributed by atoms with Crippen molar-refractivity contribution in [1.82, 2.24) is 0 Å². The molecule has 0 aliphatic rings. The molecule has 0 unspecified atom stereocenters. The quantitative estimate of drug-likeness (QED) is 0.662. The number of hydrogen-bond donors (Lipinski definition) is 2. The summed E-state index contributed by atoms with van der Waals surface area (Å²) in [4.78, 5) is 21.6. The summed E-state index contributed by atoms with van der Waals surface area (Å²) >= 11 is 3.19. The molecule has 6 nitrogen and oxygen atoms in total. The van der Waals surface area contributed by atoms with Gasteiger partial charge in [0.15, 0.2) is 0 Å². The van der Waals surface area contributed by atoms with Crippen molar-refractivity contribution in [3.8, 4) is 0 Å². The Balaban J connectivity index is 2.37. The van der Waals surface area contributed by atoms with Crippen LogP contribution in [0.3, 0.4) is 0 Å². The van der Waals surface area contributed by atoms with Gasteiger partial charge in [0, 0.05) is 21.8 Å². The topological polar surface area (TPSA) is 98.3 Å². The van der Waals surface area contributed by atoms with Crippen molar-refractivity contribution >= 4 is 38.9 Å². The average Bonchev–Trinajstić information content (AvgIpc) is 2.41. The van der Waals surface area contributed by atoms with Gasteiger partial charge in [-0.25, -0.2) is 0 Å². The number of hydrogen-bond acceptors (Lipinski definition) is 4. The molecule has 0 radical (unpaired) electrons. The molecule has 3 N–H and O–H groups in total. The Bertz CT molecular complexity index is 688. The van der Waals surface area contributed by atoms with Gasteiger partial charge >= 0.3 is 0 Å². The summed E-state index contributed by atoms with van der Waals surface area (Å²) in [5.41, 5.74) is 6.34. The average molecular weight is 336 g/mol. The van der Waals surface area contributed by atoms with E-state index < -0.39 is 10.8 Å². The number of halogens is 1. The van der Waals surface area contributed by atoms with Crippen LogP contribution in [0.15, 0.2) is 46.9 Å². The zero-order valence-corrected chi connectivity index (χ0v) is 11.8. The van der Waals surface area contributed by atoms with Crippen LogP contribution in [0.25, 0.3) is 0 Å². The molecular weight excluding hydrogens is 326 g/mol. The third-order valence-corrected chi connectivity index (χ3v) is 3.08. The van der Waals surface area contributed by atoms with Crippen LogP contribution in [0.2, 0.25) is 0 Å². The standard InChI is InChI=1S/C13H10BrN3O3/c14-9-4-5-11(12(7-9)17(19)20)16-10-3-1-2-8(6-10)13(15)18/h1-7,16H,(H2,15,18). The molecule has 0 atom stereocenters. The molecule has 102 valence electrons. The van der Waals surface area contributed by atoms with Gasteiger partial charge in [-0.2, -0.15) is 0 Å². The van der Waals surface area contributed by atoms with Crippen LogP contribution in [-0.4, -0.2) is 10.8 Å². The maximum Gasteiger partial charge on any atom is 0.293 e. The summed E-state index contributed by atoms with van der Waals surface area (Å²) in [6.45, 7) is 0. The third kappa shape index (κ3) is 3.12. The second-order valence-electron chi connectivity index (χ2n) is 3.99. The van der Waals surface area contributed by atoms with Crippen molar-refractivity contribution in [2.75, 3.05) is 5.32 Å². The van der Waals surface area contributed by atoms with E-state index in [0.717, 1.165) is 0 Å². The highest BCUT2D eigenvalue weighted by Gasteiger charge is 2.14. The Morgan fingerprint density at radius 2 is 2.00 bits per heavy atom. The molecule has 0 saturated heterocycles. The highest BCUT2D eigenvalue weighted by atomic mass is 79.9. The number of carbonyl (C=O) groups excluding carboxylic acids is 1. The predicted octanol–water partition coefficient (Wildman–Crippen LogP) is 3.20. The van der Waals surface area contributed by atoms with E-state index in [1.165, 1.54) is 12.1 Å². The van der Waals surface area contributed by atoms with Gasteiger partial charge in [0.2, 0.25) is 5.91 Å². The number of carbonyl (C=O) groups is 1. The molecule has 2 rings (SSSR count). The van der Waals surface area contributed by atoms with Crippen molar-refractivity contribution in [2.24, 2.45) is 5.73 Å². The first-order valence-electron chi connectivity index (χ1n) is 5.58. The van der Waals surface area contributed by atoms with E-state index in [-0.39, 0.29) is 5.69 Å². The molecule has 0 heterocycles. The summed E-state index contributed by atoms with van der Waals surface area (Å²) in [6, 6.07) is 11.1. The van der Waals surface area contributed by atoms with Gasteiger partial charge in [-0.1, -0.05) is 22.0 Å². The lowest BCUT2D eigenvalue weighted by Gasteiger charge is -2.08. The SMILES string of the molecule is NC(=O)c1cccc(Nc2ccc(Br)cc2[N+](=O)[O-])c1. The number of nitro groups is 1. The molecular formula is C13H10BrN3O3. The van der Waals surface area contributed by atoms with Gasteiger partial charge < -0.3 is 11.1 Å². The van der Waals surface area contributed by atoms with Crippen LogP contribution in [0.1, 0.15) is 10.4 Å². The summed E-state index contributed by atoms with van der Waals surface area (Å²) in [7, 11) is 0. The number of primary amides is 1. The van der Waals surface area contributed by atoms with Crippen molar-refractivity contribution in [1.29, 1.82) is 0 Å². The van der Waals surface area contributed by atoms with Gasteiger partial charge in [-0.15, -0.1) is 0 Å². The number of anilines is 2. The molecule has 0 fully saturated rings. The van der Waals surface area contributed by atoms with E-state index in [0.29, 0.717) is 21.4 Å². The number of benzene rings is 2. The lowest BCUT2D eigenvalue weighted by molar-refractivity contribution is -0.384. The Morgan fingerprint density at radius 3 is 2.65 bits per heavy atom. The lowest BCUT2D eigenvalue weighted by atomic mass is 10.2. The molecule has 2 aromatic carbocycles. The minimum atomic E-state index is -0.557. The number of rotatable bonds is 4. The van der Waals surface area contributed by atoms with Crippen molar-refractivity contribution in [2.45, 2.75) is 0 Å². The van der Waals surface area contributed by atoms with Gasteiger partial charge in [-0.05, 0) is 30.3 Å². The molecule has 0 aliphatic heterocycles. The fourth-order valence-corrected chi connectivity index (χ4v) is 2.02. The van der Waals surface area contributed by atoms with E-state index in [4.69, 9.17) is 5.73 Å². The number of nitro benzene ring substituents is 1. The maximum absolute atomic E-state index is 11.1. The van der Waals surface area contributed by atoms with Crippen molar-refractivity contribution < 1.29 is 9.72 Å². The van der Waals surface area contributed by atoms with Crippen LogP contribution in [-0.2, 0) is 0 Å². The molecule has 0 saturated carbocycles. The van der Waals surface area contributed by atoms with Crippen LogP contribution >= 0.6 is 15.9 Å². The molecule has 0 aliphatic carbocycles. The van der Waals surface area contributed by atoms with E-state index in [1.807, 2.05) is 0 Å². The molecule has 0 spiro atoms. The minimum absolute atomic E-state index is 0.0659. The van der Waals surface area contributed by atoms with Crippen molar-refractivity contribution in [3.05, 3.63) is 62.6 Å². The summed E-state index contributed by atoms with van der Waals surface area (Å²) < 4.78 is 0.612. The summed E-state index contributed by atoms with van der Waals surface area (Å²) in [5.74, 6) is -0.557. The molecule has 0 aromatic heterocycles. The first-order valence-corrected chi connectivity index (χ1v) is 6.37. The normalized spacial score (nSPS) is 10.1. The number of nitrogens with one attached hydrogen (secondary N) is 1. The Labute approximate surface area is 122 Å². The smallest absolute Gasteiger partial charge is 0.293 e. The zero-order valence-electron chi connectivity index (χ0n) is 10.2. The number of nitrogens with zero attached hydrogens (tertiary/aromatic N) is 1. The maximum atomic E-state index is 11.1. The zero-order chi connectivity index (χ0) is 14.7. The third-order valence-electron chi connectivity index (χ3n) is 2.58. The molecule has 1 amide bonds. The highest BCUT2D eigenvalue weighted by molar-refractivity contribution is 9.10. The molecule has 0 bridgehead atoms. The number of nitrogens with two attached hydrogens (primary N) is 1. The van der Waals surface area contributed by atoms with Gasteiger partial charge in [0.1, 0.15) is 5.69 Å². The first kappa shape index (κ1) is 14.0. The second-order valence-corrected chi connectivity index (χ2v) is 4.90. The van der Waals surface area contributed by atoms with E-state index in [9.17, 15) is 14.9 Å². The van der Waals surface area contributed by atoms with Gasteiger partial charge in [0.25, 0.3) is 5.69 Å². The Hall–Kier alpha value is -2.41. The Kier molecular flexibility index (Phi) is 3.99. The van der Waals surface area contributed by atoms with Crippen LogP contribution in [0, 0.1) is 10.1 Å². The largest absolute Gasteiger partial charge is 0.366 e. The fourth-order valence-electron chi connectivity index (χ4n) is 1.67. The van der Waals surface area contributed by atoms with E-state index >= 15 is 0 Å². The summed E-state index contributed by atoms with van der Waals surface area (Å²) in [6.07, 6.45) is 0. The van der Waals surface area contributed by atoms with Crippen LogP contribution in [0.5, 0.6) is 0 Å². The van der Waals surface area contributed by atoms with Crippen molar-refractivity contribution in [3.63, 3.8) is 0 Å². The Morgan fingerprint density at radius 1 is 1.25 bits per heavy atom. The summed E-state index contributed by atoms with van der Waals surface area (Å²) in [5, 5.41) is 13.9. The highest BCUT2D eigenvalue weighted by Crippen LogP contribution is 2.30. The fraction of sp³-hybridized carbons (Fsp3) is 0. The van der Waals surface area contributed by atoms with E-state index in [2.05, 4.69) is 21.2 Å². The minimum Gasteiger partial charge on any atom is -0.366 e. The van der Waals surface area contributed by atoms with Crippen LogP contribution in [0.4, 0.5) is 17.1 Å². The molecule has 2 aromatic rings. The monoisotopic (exact) mass is 335 g/mol. The van der Waals surface area contributed by atoms with Crippen LogP contribution < -0.4 is 11.1 Å². The lowest BCUT2D eigenvalue weighted by Crippen LogP contribution is -2.10.